The number of amides is 1. The van der Waals surface area contributed by atoms with Crippen LogP contribution in [0.2, 0.25) is 0 Å². The monoisotopic (exact) mass is 319 g/mol. The molecule has 0 spiro atoms. The number of benzene rings is 2. The van der Waals surface area contributed by atoms with E-state index < -0.39 is 0 Å². The summed E-state index contributed by atoms with van der Waals surface area (Å²) in [5.41, 5.74) is 9.64. The number of carbonyl (C=O) groups excluding carboxylic acids is 1. The van der Waals surface area contributed by atoms with Gasteiger partial charge in [-0.2, -0.15) is 0 Å². The summed E-state index contributed by atoms with van der Waals surface area (Å²) in [4.78, 5) is 14.9. The molecule has 1 aliphatic heterocycles. The van der Waals surface area contributed by atoms with Gasteiger partial charge in [-0.25, -0.2) is 0 Å². The molecule has 4 rings (SSSR count). The Balaban J connectivity index is 1.81. The van der Waals surface area contributed by atoms with Crippen molar-refractivity contribution in [3.63, 3.8) is 0 Å². The van der Waals surface area contributed by atoms with Crippen molar-refractivity contribution in [2.24, 2.45) is 0 Å². The summed E-state index contributed by atoms with van der Waals surface area (Å²) >= 11 is 0. The van der Waals surface area contributed by atoms with Gasteiger partial charge in [-0.15, -0.1) is 0 Å². The molecule has 4 nitrogen and oxygen atoms in total. The summed E-state index contributed by atoms with van der Waals surface area (Å²) in [5, 5.41) is 1.02. The number of carbonyl (C=O) groups is 1. The van der Waals surface area contributed by atoms with Crippen LogP contribution in [0.4, 0.5) is 5.69 Å². The Morgan fingerprint density at radius 3 is 2.50 bits per heavy atom. The molecular weight excluding hydrogens is 298 g/mol. The molecule has 24 heavy (non-hydrogen) atoms. The van der Waals surface area contributed by atoms with Crippen molar-refractivity contribution in [2.75, 3.05) is 18.8 Å². The van der Waals surface area contributed by atoms with E-state index in [0.29, 0.717) is 6.54 Å². The standard InChI is InChI=1S/C20H21N3O/c21-17-8-9-18-16(12-17)13-19(20(24)22-10-4-5-11-22)23(18)14-15-6-2-1-3-7-15/h1-3,6-9,12-13H,4-5,10-11,14,21H2. The maximum Gasteiger partial charge on any atom is 0.270 e. The van der Waals surface area contributed by atoms with Gasteiger partial charge in [-0.05, 0) is 42.7 Å². The summed E-state index contributed by atoms with van der Waals surface area (Å²) in [6.45, 7) is 2.39. The van der Waals surface area contributed by atoms with Crippen molar-refractivity contribution in [1.29, 1.82) is 0 Å². The lowest BCUT2D eigenvalue weighted by atomic mass is 10.2. The van der Waals surface area contributed by atoms with E-state index in [1.54, 1.807) is 0 Å². The van der Waals surface area contributed by atoms with Crippen LogP contribution in [0.3, 0.4) is 0 Å². The molecule has 1 aliphatic rings. The summed E-state index contributed by atoms with van der Waals surface area (Å²) in [7, 11) is 0. The fourth-order valence-electron chi connectivity index (χ4n) is 3.49. The lowest BCUT2D eigenvalue weighted by Gasteiger charge is -2.17. The minimum atomic E-state index is 0.123. The lowest BCUT2D eigenvalue weighted by molar-refractivity contribution is 0.0783. The number of likely N-dealkylation sites (tertiary alicyclic amines) is 1. The van der Waals surface area contributed by atoms with Crippen LogP contribution in [0.5, 0.6) is 0 Å². The molecule has 4 heteroatoms. The Morgan fingerprint density at radius 1 is 1.00 bits per heavy atom. The normalized spacial score (nSPS) is 14.4. The maximum absolute atomic E-state index is 13.0. The molecule has 0 unspecified atom stereocenters. The third-order valence-electron chi connectivity index (χ3n) is 4.72. The highest BCUT2D eigenvalue weighted by atomic mass is 16.2. The first-order chi connectivity index (χ1) is 11.7. The van der Waals surface area contributed by atoms with Crippen LogP contribution in [0.15, 0.2) is 54.6 Å². The largest absolute Gasteiger partial charge is 0.399 e. The van der Waals surface area contributed by atoms with Crippen LogP contribution in [0.25, 0.3) is 10.9 Å². The fraction of sp³-hybridized carbons (Fsp3) is 0.250. The molecule has 122 valence electrons. The molecule has 1 saturated heterocycles. The van der Waals surface area contributed by atoms with E-state index in [2.05, 4.69) is 16.7 Å². The van der Waals surface area contributed by atoms with E-state index in [1.807, 2.05) is 47.4 Å². The highest BCUT2D eigenvalue weighted by molar-refractivity contribution is 5.99. The van der Waals surface area contributed by atoms with Crippen LogP contribution in [0, 0.1) is 0 Å². The second-order valence-corrected chi connectivity index (χ2v) is 6.42. The van der Waals surface area contributed by atoms with Gasteiger partial charge in [0.2, 0.25) is 0 Å². The molecule has 3 aromatic rings. The third-order valence-corrected chi connectivity index (χ3v) is 4.72. The number of fused-ring (bicyclic) bond motifs is 1. The molecule has 1 amide bonds. The molecule has 2 heterocycles. The molecule has 0 radical (unpaired) electrons. The summed E-state index contributed by atoms with van der Waals surface area (Å²) in [6.07, 6.45) is 2.19. The highest BCUT2D eigenvalue weighted by Gasteiger charge is 2.23. The predicted molar refractivity (Wildman–Crippen MR) is 97.0 cm³/mol. The molecule has 0 saturated carbocycles. The zero-order valence-corrected chi connectivity index (χ0v) is 13.6. The Kier molecular flexibility index (Phi) is 3.73. The summed E-state index contributed by atoms with van der Waals surface area (Å²) in [6, 6.07) is 18.1. The van der Waals surface area contributed by atoms with Crippen molar-refractivity contribution >= 4 is 22.5 Å². The van der Waals surface area contributed by atoms with Crippen molar-refractivity contribution in [2.45, 2.75) is 19.4 Å². The van der Waals surface area contributed by atoms with Gasteiger partial charge >= 0.3 is 0 Å². The van der Waals surface area contributed by atoms with E-state index in [9.17, 15) is 4.79 Å². The zero-order chi connectivity index (χ0) is 16.5. The van der Waals surface area contributed by atoms with E-state index in [0.717, 1.165) is 48.2 Å². The molecular formula is C20H21N3O. The van der Waals surface area contributed by atoms with Gasteiger partial charge in [0.1, 0.15) is 5.69 Å². The second kappa shape index (κ2) is 6.04. The highest BCUT2D eigenvalue weighted by Crippen LogP contribution is 2.25. The first-order valence-corrected chi connectivity index (χ1v) is 8.44. The molecule has 2 N–H and O–H groups in total. The number of aromatic nitrogens is 1. The first kappa shape index (κ1) is 14.8. The van der Waals surface area contributed by atoms with Crippen molar-refractivity contribution < 1.29 is 4.79 Å². The van der Waals surface area contributed by atoms with Gasteiger partial charge in [0, 0.05) is 36.2 Å². The Morgan fingerprint density at radius 2 is 1.75 bits per heavy atom. The SMILES string of the molecule is Nc1ccc2c(c1)cc(C(=O)N1CCCC1)n2Cc1ccccc1. The van der Waals surface area contributed by atoms with Crippen LogP contribution >= 0.6 is 0 Å². The molecule has 0 bridgehead atoms. The first-order valence-electron chi connectivity index (χ1n) is 8.44. The van der Waals surface area contributed by atoms with Crippen molar-refractivity contribution in [1.82, 2.24) is 9.47 Å². The van der Waals surface area contributed by atoms with E-state index in [1.165, 1.54) is 5.56 Å². The fourth-order valence-corrected chi connectivity index (χ4v) is 3.49. The van der Waals surface area contributed by atoms with Gasteiger partial charge in [0.15, 0.2) is 0 Å². The van der Waals surface area contributed by atoms with Gasteiger partial charge < -0.3 is 15.2 Å². The summed E-state index contributed by atoms with van der Waals surface area (Å²) in [5.74, 6) is 0.123. The average Bonchev–Trinajstić information content (AvgIpc) is 3.23. The van der Waals surface area contributed by atoms with Crippen LogP contribution in [0.1, 0.15) is 28.9 Å². The Hall–Kier alpha value is -2.75. The van der Waals surface area contributed by atoms with E-state index in [4.69, 9.17) is 5.73 Å². The molecule has 1 fully saturated rings. The minimum Gasteiger partial charge on any atom is -0.399 e. The maximum atomic E-state index is 13.0. The number of nitrogens with zero attached hydrogens (tertiary/aromatic N) is 2. The second-order valence-electron chi connectivity index (χ2n) is 6.42. The third kappa shape index (κ3) is 2.64. The minimum absolute atomic E-state index is 0.123. The van der Waals surface area contributed by atoms with Crippen molar-refractivity contribution in [3.8, 4) is 0 Å². The smallest absolute Gasteiger partial charge is 0.270 e. The van der Waals surface area contributed by atoms with E-state index in [-0.39, 0.29) is 5.91 Å². The van der Waals surface area contributed by atoms with Gasteiger partial charge in [-0.3, -0.25) is 4.79 Å². The van der Waals surface area contributed by atoms with Crippen LogP contribution in [-0.2, 0) is 6.54 Å². The Bertz CT molecular complexity index is 877. The molecule has 0 aliphatic carbocycles. The number of hydrogen-bond donors (Lipinski definition) is 1. The average molecular weight is 319 g/mol. The predicted octanol–water partition coefficient (Wildman–Crippen LogP) is 3.51. The van der Waals surface area contributed by atoms with Gasteiger partial charge in [0.25, 0.3) is 5.91 Å². The van der Waals surface area contributed by atoms with Gasteiger partial charge in [-0.1, -0.05) is 30.3 Å². The number of rotatable bonds is 3. The quantitative estimate of drug-likeness (QED) is 0.751. The van der Waals surface area contributed by atoms with Crippen molar-refractivity contribution in [3.05, 3.63) is 65.9 Å². The molecule has 2 aromatic carbocycles. The number of nitrogen functional groups attached to an aromatic ring is 1. The summed E-state index contributed by atoms with van der Waals surface area (Å²) < 4.78 is 2.12. The van der Waals surface area contributed by atoms with E-state index >= 15 is 0 Å². The number of anilines is 1. The topological polar surface area (TPSA) is 51.3 Å². The number of hydrogen-bond acceptors (Lipinski definition) is 2. The lowest BCUT2D eigenvalue weighted by Crippen LogP contribution is -2.29. The molecule has 0 atom stereocenters. The van der Waals surface area contributed by atoms with Crippen LogP contribution in [-0.4, -0.2) is 28.5 Å². The van der Waals surface area contributed by atoms with Gasteiger partial charge in [0.05, 0.1) is 0 Å². The van der Waals surface area contributed by atoms with Crippen LogP contribution < -0.4 is 5.73 Å². The Labute approximate surface area is 141 Å². The number of nitrogens with two attached hydrogens (primary N) is 1. The molecule has 1 aromatic heterocycles. The zero-order valence-electron chi connectivity index (χ0n) is 13.6.